The molecule has 0 N–H and O–H groups in total. The third-order valence-electron chi connectivity index (χ3n) is 5.54. The van der Waals surface area contributed by atoms with Crippen LogP contribution >= 0.6 is 0 Å². The summed E-state index contributed by atoms with van der Waals surface area (Å²) in [5.74, 6) is 0.564. The molecule has 1 aromatic heterocycles. The number of hydrogen-bond donors (Lipinski definition) is 0. The number of carbonyl (C=O) groups is 2. The van der Waals surface area contributed by atoms with Crippen molar-refractivity contribution in [1.29, 1.82) is 0 Å². The third kappa shape index (κ3) is 4.29. The number of hydrogen-bond acceptors (Lipinski definition) is 5. The highest BCUT2D eigenvalue weighted by molar-refractivity contribution is 6.00. The summed E-state index contributed by atoms with van der Waals surface area (Å²) >= 11 is 0. The zero-order chi connectivity index (χ0) is 20.2. The van der Waals surface area contributed by atoms with Crippen LogP contribution in [0.2, 0.25) is 0 Å². The minimum atomic E-state index is -0.269. The van der Waals surface area contributed by atoms with Gasteiger partial charge in [-0.15, -0.1) is 0 Å². The van der Waals surface area contributed by atoms with Gasteiger partial charge in [-0.3, -0.25) is 9.59 Å². The molecule has 29 heavy (non-hydrogen) atoms. The Kier molecular flexibility index (Phi) is 5.85. The summed E-state index contributed by atoms with van der Waals surface area (Å²) < 4.78 is 5.60. The van der Waals surface area contributed by atoms with Gasteiger partial charge in [-0.1, -0.05) is 30.3 Å². The van der Waals surface area contributed by atoms with E-state index in [1.807, 2.05) is 42.2 Å². The van der Waals surface area contributed by atoms with Crippen molar-refractivity contribution in [2.24, 2.45) is 0 Å². The summed E-state index contributed by atoms with van der Waals surface area (Å²) in [7, 11) is 0. The molecule has 2 saturated heterocycles. The van der Waals surface area contributed by atoms with Crippen LogP contribution in [0.1, 0.15) is 35.4 Å². The summed E-state index contributed by atoms with van der Waals surface area (Å²) in [4.78, 5) is 38.6. The number of aromatic nitrogens is 2. The largest absolute Gasteiger partial charge is 0.377 e. The number of aryl methyl sites for hydroxylation is 1. The summed E-state index contributed by atoms with van der Waals surface area (Å²) in [5.41, 5.74) is 1.96. The third-order valence-corrected chi connectivity index (χ3v) is 5.54. The topological polar surface area (TPSA) is 75.6 Å². The Morgan fingerprint density at radius 2 is 1.90 bits per heavy atom. The lowest BCUT2D eigenvalue weighted by atomic mass is 10.0. The Balaban J connectivity index is 1.59. The first-order valence-electron chi connectivity index (χ1n) is 10.2. The van der Waals surface area contributed by atoms with Crippen molar-refractivity contribution in [1.82, 2.24) is 19.8 Å². The molecular weight excluding hydrogens is 368 g/mol. The Morgan fingerprint density at radius 3 is 2.66 bits per heavy atom. The maximum absolute atomic E-state index is 13.5. The number of morpholine rings is 1. The van der Waals surface area contributed by atoms with Gasteiger partial charge in [0.1, 0.15) is 5.82 Å². The Morgan fingerprint density at radius 1 is 1.14 bits per heavy atom. The molecule has 7 heteroatoms. The van der Waals surface area contributed by atoms with Crippen LogP contribution in [0.5, 0.6) is 0 Å². The molecule has 152 valence electrons. The van der Waals surface area contributed by atoms with E-state index >= 15 is 0 Å². The van der Waals surface area contributed by atoms with E-state index in [1.165, 1.54) is 0 Å². The van der Waals surface area contributed by atoms with E-state index in [4.69, 9.17) is 4.74 Å². The highest BCUT2D eigenvalue weighted by atomic mass is 16.5. The first-order valence-corrected chi connectivity index (χ1v) is 10.2. The first-order chi connectivity index (χ1) is 14.1. The van der Waals surface area contributed by atoms with Crippen LogP contribution < -0.4 is 0 Å². The number of carbonyl (C=O) groups excluding carboxylic acids is 2. The molecule has 0 spiro atoms. The summed E-state index contributed by atoms with van der Waals surface area (Å²) in [6.07, 6.45) is 3.99. The molecule has 1 aromatic carbocycles. The van der Waals surface area contributed by atoms with E-state index in [-0.39, 0.29) is 17.9 Å². The maximum atomic E-state index is 13.5. The number of ether oxygens (including phenoxy) is 1. The minimum absolute atomic E-state index is 0.0965. The molecule has 0 bridgehead atoms. The second kappa shape index (κ2) is 8.69. The Hall–Kier alpha value is -2.80. The number of likely N-dealkylation sites (tertiary alicyclic amines) is 1. The molecule has 2 aliphatic heterocycles. The molecule has 2 amide bonds. The molecule has 0 aliphatic carbocycles. The average molecular weight is 394 g/mol. The van der Waals surface area contributed by atoms with Gasteiger partial charge in [-0.2, -0.15) is 0 Å². The predicted molar refractivity (Wildman–Crippen MR) is 108 cm³/mol. The zero-order valence-electron chi connectivity index (χ0n) is 16.7. The fourth-order valence-electron chi connectivity index (χ4n) is 3.99. The van der Waals surface area contributed by atoms with Crippen molar-refractivity contribution in [3.63, 3.8) is 0 Å². The Bertz CT molecular complexity index is 881. The van der Waals surface area contributed by atoms with Gasteiger partial charge in [-0.05, 0) is 19.8 Å². The summed E-state index contributed by atoms with van der Waals surface area (Å²) in [5, 5.41) is 0. The van der Waals surface area contributed by atoms with Crippen LogP contribution in [0.15, 0.2) is 36.5 Å². The second-order valence-corrected chi connectivity index (χ2v) is 7.56. The van der Waals surface area contributed by atoms with E-state index in [1.54, 1.807) is 11.1 Å². The van der Waals surface area contributed by atoms with Crippen LogP contribution in [-0.4, -0.2) is 70.5 Å². The lowest BCUT2D eigenvalue weighted by Gasteiger charge is -2.36. The van der Waals surface area contributed by atoms with Crippen molar-refractivity contribution in [3.05, 3.63) is 47.9 Å². The molecule has 2 fully saturated rings. The zero-order valence-corrected chi connectivity index (χ0v) is 16.7. The molecule has 4 rings (SSSR count). The molecule has 2 aromatic rings. The standard InChI is InChI=1S/C22H26N4O3/c1-16-23-14-19(21(24-16)17-7-3-2-4-8-17)22(28)26-11-12-29-15-18(26)13-20(27)25-9-5-6-10-25/h2-4,7-8,14,18H,5-6,9-13,15H2,1H3. The van der Waals surface area contributed by atoms with Gasteiger partial charge in [0.15, 0.2) is 0 Å². The number of benzene rings is 1. The Labute approximate surface area is 170 Å². The first kappa shape index (κ1) is 19.5. The van der Waals surface area contributed by atoms with Crippen LogP contribution in [0.25, 0.3) is 11.3 Å². The average Bonchev–Trinajstić information content (AvgIpc) is 3.29. The second-order valence-electron chi connectivity index (χ2n) is 7.56. The van der Waals surface area contributed by atoms with Gasteiger partial charge in [-0.25, -0.2) is 9.97 Å². The highest BCUT2D eigenvalue weighted by Crippen LogP contribution is 2.25. The van der Waals surface area contributed by atoms with Gasteiger partial charge >= 0.3 is 0 Å². The maximum Gasteiger partial charge on any atom is 0.258 e. The van der Waals surface area contributed by atoms with Crippen molar-refractivity contribution in [2.45, 2.75) is 32.2 Å². The monoisotopic (exact) mass is 394 g/mol. The van der Waals surface area contributed by atoms with Gasteiger partial charge in [0.2, 0.25) is 5.91 Å². The number of nitrogens with zero attached hydrogens (tertiary/aromatic N) is 4. The smallest absolute Gasteiger partial charge is 0.258 e. The minimum Gasteiger partial charge on any atom is -0.377 e. The van der Waals surface area contributed by atoms with Crippen molar-refractivity contribution < 1.29 is 14.3 Å². The quantitative estimate of drug-likeness (QED) is 0.795. The molecule has 1 atom stereocenters. The molecule has 0 saturated carbocycles. The van der Waals surface area contributed by atoms with Gasteiger partial charge in [0.25, 0.3) is 5.91 Å². The van der Waals surface area contributed by atoms with Crippen molar-refractivity contribution in [2.75, 3.05) is 32.8 Å². The lowest BCUT2D eigenvalue weighted by Crippen LogP contribution is -2.50. The molecule has 0 radical (unpaired) electrons. The van der Waals surface area contributed by atoms with E-state index in [2.05, 4.69) is 9.97 Å². The van der Waals surface area contributed by atoms with E-state index < -0.39 is 0 Å². The molecule has 1 unspecified atom stereocenters. The lowest BCUT2D eigenvalue weighted by molar-refractivity contribution is -0.132. The summed E-state index contributed by atoms with van der Waals surface area (Å²) in [6.45, 7) is 4.73. The number of rotatable bonds is 4. The predicted octanol–water partition coefficient (Wildman–Crippen LogP) is 2.31. The molecule has 7 nitrogen and oxygen atoms in total. The fourth-order valence-corrected chi connectivity index (χ4v) is 3.99. The molecule has 3 heterocycles. The SMILES string of the molecule is Cc1ncc(C(=O)N2CCOCC2CC(=O)N2CCCC2)c(-c2ccccc2)n1. The van der Waals surface area contributed by atoms with Gasteiger partial charge in [0.05, 0.1) is 30.5 Å². The van der Waals surface area contributed by atoms with Gasteiger partial charge in [0, 0.05) is 37.8 Å². The highest BCUT2D eigenvalue weighted by Gasteiger charge is 2.33. The molecule has 2 aliphatic rings. The summed E-state index contributed by atoms with van der Waals surface area (Å²) in [6, 6.07) is 9.38. The normalized spacial score (nSPS) is 19.4. The fraction of sp³-hybridized carbons (Fsp3) is 0.455. The van der Waals surface area contributed by atoms with Crippen LogP contribution in [0.4, 0.5) is 0 Å². The van der Waals surface area contributed by atoms with Gasteiger partial charge < -0.3 is 14.5 Å². The van der Waals surface area contributed by atoms with E-state index in [0.717, 1.165) is 31.5 Å². The van der Waals surface area contributed by atoms with E-state index in [9.17, 15) is 9.59 Å². The van der Waals surface area contributed by atoms with Crippen LogP contribution in [0, 0.1) is 6.92 Å². The van der Waals surface area contributed by atoms with Crippen LogP contribution in [0.3, 0.4) is 0 Å². The van der Waals surface area contributed by atoms with Crippen molar-refractivity contribution >= 4 is 11.8 Å². The van der Waals surface area contributed by atoms with Crippen molar-refractivity contribution in [3.8, 4) is 11.3 Å². The molecular formula is C22H26N4O3. The van der Waals surface area contributed by atoms with Crippen LogP contribution in [-0.2, 0) is 9.53 Å². The number of amides is 2. The van der Waals surface area contributed by atoms with E-state index in [0.29, 0.717) is 43.3 Å².